The molecule has 1 aromatic heterocycles. The van der Waals surface area contributed by atoms with Gasteiger partial charge in [-0.05, 0) is 51.7 Å². The van der Waals surface area contributed by atoms with Gasteiger partial charge in [0.15, 0.2) is 0 Å². The first kappa shape index (κ1) is 13.1. The number of hydrogen-bond donors (Lipinski definition) is 2. The molecule has 0 aromatic carbocycles. The molecule has 1 fully saturated rings. The third-order valence-corrected chi connectivity index (χ3v) is 3.87. The van der Waals surface area contributed by atoms with Gasteiger partial charge in [0.05, 0.1) is 5.54 Å². The largest absolute Gasteiger partial charge is 0.344 e. The van der Waals surface area contributed by atoms with Crippen LogP contribution in [0.15, 0.2) is 18.3 Å². The molecule has 1 aliphatic carbocycles. The zero-order chi connectivity index (χ0) is 13.3. The summed E-state index contributed by atoms with van der Waals surface area (Å²) in [5.41, 5.74) is 6.28. The van der Waals surface area contributed by atoms with Gasteiger partial charge in [0.25, 0.3) is 5.91 Å². The molecule has 1 atom stereocenters. The van der Waals surface area contributed by atoms with E-state index >= 15 is 0 Å². The zero-order valence-electron chi connectivity index (χ0n) is 11.4. The molecule has 0 bridgehead atoms. The third kappa shape index (κ3) is 2.43. The van der Waals surface area contributed by atoms with E-state index in [4.69, 9.17) is 5.73 Å². The molecule has 0 saturated heterocycles. The Hall–Kier alpha value is -1.29. The first-order chi connectivity index (χ1) is 8.48. The molecule has 1 aromatic rings. The van der Waals surface area contributed by atoms with Crippen LogP contribution >= 0.6 is 0 Å². The van der Waals surface area contributed by atoms with Crippen LogP contribution in [0.4, 0.5) is 0 Å². The second kappa shape index (κ2) is 4.76. The molecule has 18 heavy (non-hydrogen) atoms. The normalized spacial score (nSPS) is 18.7. The summed E-state index contributed by atoms with van der Waals surface area (Å²) in [6, 6.07) is 4.05. The highest BCUT2D eigenvalue weighted by Gasteiger charge is 2.41. The van der Waals surface area contributed by atoms with Crippen LogP contribution in [0.25, 0.3) is 0 Å². The molecule has 3 N–H and O–H groups in total. The van der Waals surface area contributed by atoms with Crippen molar-refractivity contribution in [3.8, 4) is 0 Å². The number of nitrogens with one attached hydrogen (secondary N) is 1. The Balaban J connectivity index is 2.14. The van der Waals surface area contributed by atoms with E-state index in [1.165, 1.54) is 12.8 Å². The molecule has 4 heteroatoms. The zero-order valence-corrected chi connectivity index (χ0v) is 11.4. The van der Waals surface area contributed by atoms with Crippen molar-refractivity contribution in [2.45, 2.75) is 45.2 Å². The van der Waals surface area contributed by atoms with Crippen LogP contribution in [0.5, 0.6) is 0 Å². The predicted molar refractivity (Wildman–Crippen MR) is 72.5 cm³/mol. The Kier molecular flexibility index (Phi) is 3.48. The van der Waals surface area contributed by atoms with Gasteiger partial charge in [-0.2, -0.15) is 0 Å². The average molecular weight is 249 g/mol. The third-order valence-electron chi connectivity index (χ3n) is 3.87. The van der Waals surface area contributed by atoms with E-state index in [0.717, 1.165) is 0 Å². The first-order valence-electron chi connectivity index (χ1n) is 6.67. The highest BCUT2D eigenvalue weighted by atomic mass is 16.2. The Bertz CT molecular complexity index is 434. The minimum atomic E-state index is -0.261. The molecular weight excluding hydrogens is 226 g/mol. The van der Waals surface area contributed by atoms with Crippen LogP contribution in [-0.4, -0.2) is 22.6 Å². The lowest BCUT2D eigenvalue weighted by Crippen LogP contribution is -2.53. The highest BCUT2D eigenvalue weighted by molar-refractivity contribution is 5.93. The summed E-state index contributed by atoms with van der Waals surface area (Å²) in [5.74, 6) is 0.516. The minimum absolute atomic E-state index is 0.0199. The van der Waals surface area contributed by atoms with Crippen LogP contribution in [0.1, 0.15) is 50.1 Å². The standard InChI is InChI=1S/C14H23N3O/c1-10(2)17-8-4-5-12(17)13(18)16-14(3,9-15)11-6-7-11/h4-5,8,10-11H,6-7,9,15H2,1-3H3,(H,16,18). The van der Waals surface area contributed by atoms with Crippen molar-refractivity contribution < 1.29 is 4.79 Å². The fraction of sp³-hybridized carbons (Fsp3) is 0.643. The Morgan fingerprint density at radius 3 is 2.78 bits per heavy atom. The summed E-state index contributed by atoms with van der Waals surface area (Å²) in [4.78, 5) is 12.4. The summed E-state index contributed by atoms with van der Waals surface area (Å²) in [5, 5.41) is 3.12. The van der Waals surface area contributed by atoms with Gasteiger partial charge in [-0.15, -0.1) is 0 Å². The van der Waals surface area contributed by atoms with Crippen molar-refractivity contribution >= 4 is 5.91 Å². The molecule has 2 rings (SSSR count). The van der Waals surface area contributed by atoms with E-state index in [-0.39, 0.29) is 17.5 Å². The first-order valence-corrected chi connectivity index (χ1v) is 6.67. The lowest BCUT2D eigenvalue weighted by atomic mass is 9.96. The fourth-order valence-electron chi connectivity index (χ4n) is 2.40. The number of carbonyl (C=O) groups excluding carboxylic acids is 1. The van der Waals surface area contributed by atoms with Crippen molar-refractivity contribution in [2.24, 2.45) is 11.7 Å². The van der Waals surface area contributed by atoms with Gasteiger partial charge in [0, 0.05) is 18.8 Å². The lowest BCUT2D eigenvalue weighted by molar-refractivity contribution is 0.0886. The van der Waals surface area contributed by atoms with Gasteiger partial charge < -0.3 is 15.6 Å². The molecule has 1 amide bonds. The maximum absolute atomic E-state index is 12.4. The quantitative estimate of drug-likeness (QED) is 0.837. The Labute approximate surface area is 109 Å². The van der Waals surface area contributed by atoms with Crippen LogP contribution in [0.3, 0.4) is 0 Å². The van der Waals surface area contributed by atoms with Crippen molar-refractivity contribution in [3.63, 3.8) is 0 Å². The summed E-state index contributed by atoms with van der Waals surface area (Å²) in [6.45, 7) is 6.68. The average Bonchev–Trinajstić information content (AvgIpc) is 3.06. The number of amides is 1. The molecule has 1 saturated carbocycles. The molecule has 0 aliphatic heterocycles. The summed E-state index contributed by atoms with van der Waals surface area (Å²) < 4.78 is 1.99. The van der Waals surface area contributed by atoms with E-state index in [1.54, 1.807) is 0 Å². The predicted octanol–water partition coefficient (Wildman–Crippen LogP) is 1.93. The maximum atomic E-state index is 12.4. The molecular formula is C14H23N3O. The number of hydrogen-bond acceptors (Lipinski definition) is 2. The van der Waals surface area contributed by atoms with Crippen molar-refractivity contribution in [3.05, 3.63) is 24.0 Å². The molecule has 1 heterocycles. The smallest absolute Gasteiger partial charge is 0.268 e. The van der Waals surface area contributed by atoms with Crippen molar-refractivity contribution in [2.75, 3.05) is 6.54 Å². The van der Waals surface area contributed by atoms with Crippen LogP contribution in [0, 0.1) is 5.92 Å². The fourth-order valence-corrected chi connectivity index (χ4v) is 2.40. The topological polar surface area (TPSA) is 60.0 Å². The summed E-state index contributed by atoms with van der Waals surface area (Å²) >= 11 is 0. The second-order valence-corrected chi connectivity index (χ2v) is 5.74. The van der Waals surface area contributed by atoms with Crippen LogP contribution in [-0.2, 0) is 0 Å². The molecule has 1 unspecified atom stereocenters. The van der Waals surface area contributed by atoms with Gasteiger partial charge in [-0.25, -0.2) is 0 Å². The van der Waals surface area contributed by atoms with Crippen LogP contribution in [0.2, 0.25) is 0 Å². The van der Waals surface area contributed by atoms with Gasteiger partial charge in [0.2, 0.25) is 0 Å². The monoisotopic (exact) mass is 249 g/mol. The van der Waals surface area contributed by atoms with E-state index in [0.29, 0.717) is 18.2 Å². The number of carbonyl (C=O) groups is 1. The van der Waals surface area contributed by atoms with Crippen molar-refractivity contribution in [1.82, 2.24) is 9.88 Å². The lowest BCUT2D eigenvalue weighted by Gasteiger charge is -2.30. The Morgan fingerprint density at radius 2 is 2.28 bits per heavy atom. The maximum Gasteiger partial charge on any atom is 0.268 e. The second-order valence-electron chi connectivity index (χ2n) is 5.74. The minimum Gasteiger partial charge on any atom is -0.344 e. The van der Waals surface area contributed by atoms with E-state index in [1.807, 2.05) is 29.8 Å². The van der Waals surface area contributed by atoms with Crippen LogP contribution < -0.4 is 11.1 Å². The number of nitrogens with two attached hydrogens (primary N) is 1. The number of aromatic nitrogens is 1. The number of nitrogens with zero attached hydrogens (tertiary/aromatic N) is 1. The van der Waals surface area contributed by atoms with Gasteiger partial charge in [-0.1, -0.05) is 0 Å². The van der Waals surface area contributed by atoms with Crippen molar-refractivity contribution in [1.29, 1.82) is 0 Å². The highest BCUT2D eigenvalue weighted by Crippen LogP contribution is 2.39. The van der Waals surface area contributed by atoms with E-state index in [9.17, 15) is 4.79 Å². The summed E-state index contributed by atoms with van der Waals surface area (Å²) in [6.07, 6.45) is 4.27. The number of rotatable bonds is 5. The molecule has 0 radical (unpaired) electrons. The van der Waals surface area contributed by atoms with E-state index < -0.39 is 0 Å². The SMILES string of the molecule is CC(C)n1cccc1C(=O)NC(C)(CN)C1CC1. The molecule has 0 spiro atoms. The Morgan fingerprint density at radius 1 is 1.61 bits per heavy atom. The van der Waals surface area contributed by atoms with Gasteiger partial charge in [0.1, 0.15) is 5.69 Å². The van der Waals surface area contributed by atoms with Gasteiger partial charge >= 0.3 is 0 Å². The summed E-state index contributed by atoms with van der Waals surface area (Å²) in [7, 11) is 0. The van der Waals surface area contributed by atoms with E-state index in [2.05, 4.69) is 19.2 Å². The van der Waals surface area contributed by atoms with Gasteiger partial charge in [-0.3, -0.25) is 4.79 Å². The molecule has 4 nitrogen and oxygen atoms in total. The molecule has 100 valence electrons. The molecule has 1 aliphatic rings.